The zero-order valence-corrected chi connectivity index (χ0v) is 20.1. The SMILES string of the molecule is Cc1cccc(C(=O)N2CCN(c3nc4cc(Cl)ccc4c4nnc(-c5ccco5)n34)CC2C)c1. The van der Waals surface area contributed by atoms with E-state index in [-0.39, 0.29) is 11.9 Å². The number of anilines is 1. The number of furan rings is 1. The van der Waals surface area contributed by atoms with Crippen molar-refractivity contribution >= 4 is 40.0 Å². The number of carbonyl (C=O) groups is 1. The second-order valence-electron chi connectivity index (χ2n) is 8.90. The van der Waals surface area contributed by atoms with E-state index >= 15 is 0 Å². The molecule has 0 saturated carbocycles. The van der Waals surface area contributed by atoms with E-state index in [4.69, 9.17) is 21.0 Å². The Bertz CT molecular complexity index is 1560. The third-order valence-corrected chi connectivity index (χ3v) is 6.70. The third-order valence-electron chi connectivity index (χ3n) is 6.46. The number of hydrogen-bond donors (Lipinski definition) is 0. The van der Waals surface area contributed by atoms with Gasteiger partial charge in [0.1, 0.15) is 0 Å². The third kappa shape index (κ3) is 3.70. The van der Waals surface area contributed by atoms with Gasteiger partial charge in [-0.1, -0.05) is 29.3 Å². The number of amides is 1. The van der Waals surface area contributed by atoms with Crippen molar-refractivity contribution in [1.82, 2.24) is 24.5 Å². The molecule has 1 fully saturated rings. The van der Waals surface area contributed by atoms with E-state index in [0.29, 0.717) is 53.4 Å². The van der Waals surface area contributed by atoms with Gasteiger partial charge in [-0.2, -0.15) is 0 Å². The topological polar surface area (TPSA) is 79.8 Å². The molecular formula is C26H23ClN6O2. The molecule has 8 nitrogen and oxygen atoms in total. The molecule has 176 valence electrons. The maximum absolute atomic E-state index is 13.2. The van der Waals surface area contributed by atoms with Gasteiger partial charge in [0.05, 0.1) is 11.8 Å². The highest BCUT2D eigenvalue weighted by molar-refractivity contribution is 6.31. The molecule has 4 heterocycles. The van der Waals surface area contributed by atoms with Crippen molar-refractivity contribution in [2.24, 2.45) is 0 Å². The number of benzene rings is 2. The van der Waals surface area contributed by atoms with Crippen LogP contribution in [0.5, 0.6) is 0 Å². The van der Waals surface area contributed by atoms with E-state index in [1.54, 1.807) is 6.26 Å². The van der Waals surface area contributed by atoms with Crippen LogP contribution in [0, 0.1) is 6.92 Å². The number of fused-ring (bicyclic) bond motifs is 3. The Labute approximate surface area is 206 Å². The summed E-state index contributed by atoms with van der Waals surface area (Å²) >= 11 is 6.29. The van der Waals surface area contributed by atoms with Gasteiger partial charge in [0.15, 0.2) is 11.4 Å². The van der Waals surface area contributed by atoms with Gasteiger partial charge in [0.2, 0.25) is 11.8 Å². The van der Waals surface area contributed by atoms with Gasteiger partial charge in [0.25, 0.3) is 5.91 Å². The zero-order chi connectivity index (χ0) is 24.1. The molecule has 6 rings (SSSR count). The zero-order valence-electron chi connectivity index (χ0n) is 19.3. The average molecular weight is 487 g/mol. The van der Waals surface area contributed by atoms with Crippen molar-refractivity contribution in [2.45, 2.75) is 19.9 Å². The number of rotatable bonds is 3. The summed E-state index contributed by atoms with van der Waals surface area (Å²) in [7, 11) is 0. The first-order chi connectivity index (χ1) is 17.0. The van der Waals surface area contributed by atoms with Crippen molar-refractivity contribution in [1.29, 1.82) is 0 Å². The maximum atomic E-state index is 13.2. The lowest BCUT2D eigenvalue weighted by atomic mass is 10.1. The predicted molar refractivity (Wildman–Crippen MR) is 135 cm³/mol. The number of aryl methyl sites for hydroxylation is 1. The monoisotopic (exact) mass is 486 g/mol. The lowest BCUT2D eigenvalue weighted by molar-refractivity contribution is 0.0673. The molecule has 3 aromatic heterocycles. The van der Waals surface area contributed by atoms with E-state index in [0.717, 1.165) is 16.5 Å². The summed E-state index contributed by atoms with van der Waals surface area (Å²) in [6, 6.07) is 17.0. The Morgan fingerprint density at radius 1 is 1.09 bits per heavy atom. The van der Waals surface area contributed by atoms with Crippen LogP contribution in [-0.4, -0.2) is 56.1 Å². The molecule has 1 atom stereocenters. The summed E-state index contributed by atoms with van der Waals surface area (Å²) in [5.74, 6) is 1.93. The highest BCUT2D eigenvalue weighted by atomic mass is 35.5. The Morgan fingerprint density at radius 3 is 2.74 bits per heavy atom. The van der Waals surface area contributed by atoms with Crippen LogP contribution in [0.2, 0.25) is 5.02 Å². The minimum absolute atomic E-state index is 0.0211. The maximum Gasteiger partial charge on any atom is 0.254 e. The van der Waals surface area contributed by atoms with Crippen LogP contribution in [0.25, 0.3) is 28.1 Å². The minimum atomic E-state index is -0.0211. The summed E-state index contributed by atoms with van der Waals surface area (Å²) in [6.07, 6.45) is 1.61. The number of aromatic nitrogens is 4. The summed E-state index contributed by atoms with van der Waals surface area (Å²) < 4.78 is 7.57. The highest BCUT2D eigenvalue weighted by Crippen LogP contribution is 2.31. The number of carbonyl (C=O) groups excluding carboxylic acids is 1. The first-order valence-electron chi connectivity index (χ1n) is 11.5. The molecule has 9 heteroatoms. The smallest absolute Gasteiger partial charge is 0.254 e. The fourth-order valence-corrected chi connectivity index (χ4v) is 4.92. The molecule has 5 aromatic rings. The van der Waals surface area contributed by atoms with Crippen LogP contribution in [0.1, 0.15) is 22.8 Å². The van der Waals surface area contributed by atoms with E-state index in [9.17, 15) is 4.79 Å². The van der Waals surface area contributed by atoms with E-state index in [2.05, 4.69) is 22.0 Å². The second-order valence-corrected chi connectivity index (χ2v) is 9.33. The summed E-state index contributed by atoms with van der Waals surface area (Å²) in [5.41, 5.74) is 3.20. The Morgan fingerprint density at radius 2 is 1.97 bits per heavy atom. The van der Waals surface area contributed by atoms with Crippen LogP contribution in [0.15, 0.2) is 65.3 Å². The summed E-state index contributed by atoms with van der Waals surface area (Å²) in [4.78, 5) is 22.3. The van der Waals surface area contributed by atoms with Gasteiger partial charge >= 0.3 is 0 Å². The predicted octanol–water partition coefficient (Wildman–Crippen LogP) is 4.85. The van der Waals surface area contributed by atoms with Crippen LogP contribution in [0.4, 0.5) is 5.95 Å². The quantitative estimate of drug-likeness (QED) is 0.362. The molecule has 1 aliphatic rings. The molecule has 1 amide bonds. The first kappa shape index (κ1) is 21.6. The lowest BCUT2D eigenvalue weighted by Crippen LogP contribution is -2.54. The van der Waals surface area contributed by atoms with Crippen LogP contribution >= 0.6 is 11.6 Å². The molecule has 0 spiro atoms. The van der Waals surface area contributed by atoms with Gasteiger partial charge in [0, 0.05) is 41.6 Å². The van der Waals surface area contributed by atoms with Crippen molar-refractivity contribution < 1.29 is 9.21 Å². The Hall–Kier alpha value is -3.91. The number of hydrogen-bond acceptors (Lipinski definition) is 6. The molecule has 0 aliphatic carbocycles. The number of piperazine rings is 1. The Kier molecular flexibility index (Phi) is 5.18. The molecule has 1 unspecified atom stereocenters. The lowest BCUT2D eigenvalue weighted by Gasteiger charge is -2.40. The van der Waals surface area contributed by atoms with Crippen LogP contribution in [0.3, 0.4) is 0 Å². The van der Waals surface area contributed by atoms with Crippen molar-refractivity contribution in [3.8, 4) is 11.6 Å². The molecule has 0 radical (unpaired) electrons. The van der Waals surface area contributed by atoms with E-state index < -0.39 is 0 Å². The Balaban J connectivity index is 1.41. The van der Waals surface area contributed by atoms with Crippen molar-refractivity contribution in [3.63, 3.8) is 0 Å². The molecular weight excluding hydrogens is 464 g/mol. The molecule has 0 N–H and O–H groups in total. The second kappa shape index (κ2) is 8.39. The van der Waals surface area contributed by atoms with E-state index in [1.165, 1.54) is 0 Å². The van der Waals surface area contributed by atoms with E-state index in [1.807, 2.05) is 70.8 Å². The van der Waals surface area contributed by atoms with Gasteiger partial charge < -0.3 is 14.2 Å². The minimum Gasteiger partial charge on any atom is -0.461 e. The molecule has 1 saturated heterocycles. The molecule has 35 heavy (non-hydrogen) atoms. The first-order valence-corrected chi connectivity index (χ1v) is 11.9. The molecule has 1 aliphatic heterocycles. The fourth-order valence-electron chi connectivity index (χ4n) is 4.75. The van der Waals surface area contributed by atoms with Crippen LogP contribution < -0.4 is 4.90 Å². The highest BCUT2D eigenvalue weighted by Gasteiger charge is 2.31. The van der Waals surface area contributed by atoms with Gasteiger partial charge in [-0.25, -0.2) is 9.38 Å². The number of nitrogens with zero attached hydrogens (tertiary/aromatic N) is 6. The van der Waals surface area contributed by atoms with Gasteiger partial charge in [-0.05, 0) is 56.3 Å². The van der Waals surface area contributed by atoms with Crippen molar-refractivity contribution in [3.05, 3.63) is 77.0 Å². The average Bonchev–Trinajstić information content (AvgIpc) is 3.53. The standard InChI is InChI=1S/C26H23ClN6O2/c1-16-5-3-6-18(13-16)25(34)32-11-10-31(15-17(32)2)26-28-21-14-19(27)8-9-20(21)23-29-30-24(33(23)26)22-7-4-12-35-22/h3-9,12-14,17H,10-11,15H2,1-2H3. The van der Waals surface area contributed by atoms with Crippen LogP contribution in [-0.2, 0) is 0 Å². The van der Waals surface area contributed by atoms with Gasteiger partial charge in [-0.3, -0.25) is 4.79 Å². The van der Waals surface area contributed by atoms with Gasteiger partial charge in [-0.15, -0.1) is 10.2 Å². The summed E-state index contributed by atoms with van der Waals surface area (Å²) in [5, 5.41) is 10.4. The van der Waals surface area contributed by atoms with Crippen molar-refractivity contribution in [2.75, 3.05) is 24.5 Å². The largest absolute Gasteiger partial charge is 0.461 e. The molecule has 2 aromatic carbocycles. The number of halogens is 1. The molecule has 0 bridgehead atoms. The normalized spacial score (nSPS) is 16.4. The fraction of sp³-hybridized carbons (Fsp3) is 0.231. The summed E-state index contributed by atoms with van der Waals surface area (Å²) in [6.45, 7) is 5.86.